The molecule has 5 nitrogen and oxygen atoms in total. The maximum atomic E-state index is 13.6. The van der Waals surface area contributed by atoms with E-state index in [9.17, 15) is 17.2 Å². The van der Waals surface area contributed by atoms with Gasteiger partial charge in [0.25, 0.3) is 0 Å². The van der Waals surface area contributed by atoms with Crippen molar-refractivity contribution in [3.8, 4) is 0 Å². The Bertz CT molecular complexity index is 550. The van der Waals surface area contributed by atoms with Crippen LogP contribution in [0.1, 0.15) is 19.8 Å². The van der Waals surface area contributed by atoms with Crippen LogP contribution in [0.4, 0.5) is 14.5 Å². The average molecular weight is 308 g/mol. The van der Waals surface area contributed by atoms with Crippen LogP contribution in [0, 0.1) is 11.6 Å². The van der Waals surface area contributed by atoms with Crippen molar-refractivity contribution >= 4 is 15.7 Å². The average Bonchev–Trinajstić information content (AvgIpc) is 2.39. The highest BCUT2D eigenvalue weighted by atomic mass is 32.2. The second-order valence-electron chi connectivity index (χ2n) is 4.14. The Morgan fingerprint density at radius 3 is 2.65 bits per heavy atom. The fourth-order valence-electron chi connectivity index (χ4n) is 1.43. The van der Waals surface area contributed by atoms with Crippen LogP contribution in [-0.4, -0.2) is 28.2 Å². The van der Waals surface area contributed by atoms with Gasteiger partial charge in [-0.05, 0) is 18.6 Å². The first-order valence-electron chi connectivity index (χ1n) is 6.21. The van der Waals surface area contributed by atoms with Gasteiger partial charge in [0.2, 0.25) is 10.0 Å². The zero-order chi connectivity index (χ0) is 15.2. The predicted octanol–water partition coefficient (Wildman–Crippen LogP) is 1.64. The molecule has 1 aromatic carbocycles. The van der Waals surface area contributed by atoms with Crippen molar-refractivity contribution in [1.29, 1.82) is 0 Å². The van der Waals surface area contributed by atoms with E-state index in [-0.39, 0.29) is 13.2 Å². The van der Waals surface area contributed by atoms with E-state index >= 15 is 0 Å². The maximum absolute atomic E-state index is 13.6. The molecule has 0 saturated carbocycles. The summed E-state index contributed by atoms with van der Waals surface area (Å²) in [5.74, 6) is -2.28. The van der Waals surface area contributed by atoms with Gasteiger partial charge in [0.15, 0.2) is 5.82 Å². The van der Waals surface area contributed by atoms with Gasteiger partial charge in [0.05, 0.1) is 6.61 Å². The number of hydrogen-bond donors (Lipinski definition) is 2. The zero-order valence-corrected chi connectivity index (χ0v) is 12.0. The van der Waals surface area contributed by atoms with E-state index in [0.717, 1.165) is 25.0 Å². The van der Waals surface area contributed by atoms with Crippen molar-refractivity contribution in [2.24, 2.45) is 0 Å². The largest absolute Gasteiger partial charge is 0.394 e. The lowest BCUT2D eigenvalue weighted by Gasteiger charge is -2.09. The Balaban J connectivity index is 2.63. The molecule has 0 heterocycles. The molecule has 0 aliphatic carbocycles. The van der Waals surface area contributed by atoms with Gasteiger partial charge < -0.3 is 10.5 Å². The van der Waals surface area contributed by atoms with Crippen LogP contribution < -0.4 is 10.5 Å². The summed E-state index contributed by atoms with van der Waals surface area (Å²) < 4.78 is 57.6. The summed E-state index contributed by atoms with van der Waals surface area (Å²) in [4.78, 5) is -0.676. The Kier molecular flexibility index (Phi) is 6.31. The van der Waals surface area contributed by atoms with Gasteiger partial charge >= 0.3 is 0 Å². The number of rotatable bonds is 8. The molecule has 0 unspecified atom stereocenters. The van der Waals surface area contributed by atoms with Gasteiger partial charge in [-0.15, -0.1) is 0 Å². The highest BCUT2D eigenvalue weighted by molar-refractivity contribution is 7.89. The summed E-state index contributed by atoms with van der Waals surface area (Å²) in [5.41, 5.74) is 4.31. The van der Waals surface area contributed by atoms with E-state index in [1.165, 1.54) is 0 Å². The molecule has 8 heteroatoms. The minimum absolute atomic E-state index is 0.00275. The van der Waals surface area contributed by atoms with Crippen molar-refractivity contribution in [2.75, 3.05) is 25.5 Å². The van der Waals surface area contributed by atoms with Crippen LogP contribution in [0.25, 0.3) is 0 Å². The summed E-state index contributed by atoms with van der Waals surface area (Å²) in [7, 11) is -4.07. The van der Waals surface area contributed by atoms with E-state index in [1.807, 2.05) is 6.92 Å². The Morgan fingerprint density at radius 2 is 2.00 bits per heavy atom. The zero-order valence-electron chi connectivity index (χ0n) is 11.2. The molecule has 1 aromatic rings. The van der Waals surface area contributed by atoms with Gasteiger partial charge in [-0.3, -0.25) is 0 Å². The van der Waals surface area contributed by atoms with Crippen molar-refractivity contribution < 1.29 is 21.9 Å². The fraction of sp³-hybridized carbons (Fsp3) is 0.500. The van der Waals surface area contributed by atoms with E-state index in [1.54, 1.807) is 0 Å². The third-order valence-corrected chi connectivity index (χ3v) is 4.04. The van der Waals surface area contributed by atoms with Crippen LogP contribution >= 0.6 is 0 Å². The number of benzene rings is 1. The normalized spacial score (nSPS) is 11.8. The number of nitrogen functional groups attached to an aromatic ring is 1. The highest BCUT2D eigenvalue weighted by Gasteiger charge is 2.22. The van der Waals surface area contributed by atoms with Crippen LogP contribution in [0.15, 0.2) is 17.0 Å². The smallest absolute Gasteiger partial charge is 0.243 e. The molecule has 0 radical (unpaired) electrons. The summed E-state index contributed by atoms with van der Waals surface area (Å²) in [6.45, 7) is 2.73. The number of ether oxygens (including phenoxy) is 1. The molecule has 3 N–H and O–H groups in total. The van der Waals surface area contributed by atoms with Crippen molar-refractivity contribution in [2.45, 2.75) is 24.7 Å². The van der Waals surface area contributed by atoms with Crippen molar-refractivity contribution in [3.63, 3.8) is 0 Å². The molecule has 0 aliphatic heterocycles. The summed E-state index contributed by atoms with van der Waals surface area (Å²) in [5, 5.41) is 0. The Morgan fingerprint density at radius 1 is 1.30 bits per heavy atom. The number of anilines is 1. The molecule has 0 saturated heterocycles. The van der Waals surface area contributed by atoms with Gasteiger partial charge in [0.1, 0.15) is 16.4 Å². The summed E-state index contributed by atoms with van der Waals surface area (Å²) in [6.07, 6.45) is 1.86. The number of nitrogens with one attached hydrogen (secondary N) is 1. The number of unbranched alkanes of at least 4 members (excludes halogenated alkanes) is 1. The van der Waals surface area contributed by atoms with E-state index in [2.05, 4.69) is 4.72 Å². The Hall–Kier alpha value is -1.25. The lowest BCUT2D eigenvalue weighted by molar-refractivity contribution is 0.136. The van der Waals surface area contributed by atoms with Gasteiger partial charge in [0, 0.05) is 13.2 Å². The number of halogens is 2. The molecule has 0 amide bonds. The fourth-order valence-corrected chi connectivity index (χ4v) is 2.53. The lowest BCUT2D eigenvalue weighted by Crippen LogP contribution is -2.28. The van der Waals surface area contributed by atoms with E-state index in [0.29, 0.717) is 6.61 Å². The third kappa shape index (κ3) is 4.39. The molecule has 0 aliphatic rings. The minimum atomic E-state index is -4.07. The molecule has 114 valence electrons. The molecule has 0 aromatic heterocycles. The van der Waals surface area contributed by atoms with Gasteiger partial charge in [-0.1, -0.05) is 13.3 Å². The standard InChI is InChI=1S/C12H18F2N2O3S/c1-2-3-7-19-8-6-16-20(17,18)10-5-4-9(13)12(15)11(10)14/h4-5,16H,2-3,6-8,15H2,1H3. The molecule has 0 bridgehead atoms. The molecule has 1 rings (SSSR count). The maximum Gasteiger partial charge on any atom is 0.243 e. The molecular formula is C12H18F2N2O3S. The monoisotopic (exact) mass is 308 g/mol. The molecule has 0 atom stereocenters. The number of nitrogens with two attached hydrogens (primary N) is 1. The quantitative estimate of drug-likeness (QED) is 0.565. The van der Waals surface area contributed by atoms with Gasteiger partial charge in [-0.25, -0.2) is 21.9 Å². The van der Waals surface area contributed by atoms with E-state index in [4.69, 9.17) is 10.5 Å². The first-order chi connectivity index (χ1) is 9.40. The van der Waals surface area contributed by atoms with Crippen molar-refractivity contribution in [3.05, 3.63) is 23.8 Å². The first-order valence-corrected chi connectivity index (χ1v) is 7.69. The van der Waals surface area contributed by atoms with Crippen LogP contribution in [0.5, 0.6) is 0 Å². The molecule has 0 spiro atoms. The predicted molar refractivity (Wildman–Crippen MR) is 71.7 cm³/mol. The summed E-state index contributed by atoms with van der Waals surface area (Å²) >= 11 is 0. The molecule has 0 fully saturated rings. The van der Waals surface area contributed by atoms with Crippen LogP contribution in [-0.2, 0) is 14.8 Å². The second kappa shape index (κ2) is 7.51. The lowest BCUT2D eigenvalue weighted by atomic mass is 10.3. The summed E-state index contributed by atoms with van der Waals surface area (Å²) in [6, 6.07) is 1.64. The highest BCUT2D eigenvalue weighted by Crippen LogP contribution is 2.22. The van der Waals surface area contributed by atoms with Crippen LogP contribution in [0.2, 0.25) is 0 Å². The topological polar surface area (TPSA) is 81.4 Å². The van der Waals surface area contributed by atoms with Crippen molar-refractivity contribution in [1.82, 2.24) is 4.72 Å². The molecular weight excluding hydrogens is 290 g/mol. The number of sulfonamides is 1. The van der Waals surface area contributed by atoms with E-state index < -0.39 is 32.2 Å². The second-order valence-corrected chi connectivity index (χ2v) is 5.87. The minimum Gasteiger partial charge on any atom is -0.394 e. The Labute approximate surface area is 117 Å². The molecule has 20 heavy (non-hydrogen) atoms. The SMILES string of the molecule is CCCCOCCNS(=O)(=O)c1ccc(F)c(N)c1F. The van der Waals surface area contributed by atoms with Gasteiger partial charge in [-0.2, -0.15) is 0 Å². The first kappa shape index (κ1) is 16.8. The third-order valence-electron chi connectivity index (χ3n) is 2.56. The number of hydrogen-bond acceptors (Lipinski definition) is 4. The van der Waals surface area contributed by atoms with Crippen LogP contribution in [0.3, 0.4) is 0 Å².